The van der Waals surface area contributed by atoms with E-state index in [0.29, 0.717) is 17.6 Å². The van der Waals surface area contributed by atoms with Gasteiger partial charge in [-0.05, 0) is 18.4 Å². The van der Waals surface area contributed by atoms with Crippen molar-refractivity contribution in [2.75, 3.05) is 13.1 Å². The van der Waals surface area contributed by atoms with Gasteiger partial charge in [0.15, 0.2) is 5.78 Å². The summed E-state index contributed by atoms with van der Waals surface area (Å²) in [6.07, 6.45) is 0. The average molecular weight is 217 g/mol. The van der Waals surface area contributed by atoms with Crippen molar-refractivity contribution in [2.24, 2.45) is 17.8 Å². The van der Waals surface area contributed by atoms with E-state index in [2.05, 4.69) is 19.2 Å². The Bertz CT molecular complexity index is 358. The zero-order valence-corrected chi connectivity index (χ0v) is 9.94. The highest BCUT2D eigenvalue weighted by atomic mass is 16.1. The third-order valence-electron chi connectivity index (χ3n) is 3.51. The first-order chi connectivity index (χ1) is 7.70. The number of carbonyl (C=O) groups excluding carboxylic acids is 1. The number of ketones is 1. The van der Waals surface area contributed by atoms with E-state index in [1.54, 1.807) is 0 Å². The van der Waals surface area contributed by atoms with Gasteiger partial charge < -0.3 is 5.32 Å². The lowest BCUT2D eigenvalue weighted by Gasteiger charge is -2.20. The summed E-state index contributed by atoms with van der Waals surface area (Å²) >= 11 is 0. The summed E-state index contributed by atoms with van der Waals surface area (Å²) in [4.78, 5) is 12.3. The molecule has 86 valence electrons. The van der Waals surface area contributed by atoms with E-state index in [9.17, 15) is 4.79 Å². The predicted molar refractivity (Wildman–Crippen MR) is 65.5 cm³/mol. The summed E-state index contributed by atoms with van der Waals surface area (Å²) in [6.45, 7) is 6.20. The minimum absolute atomic E-state index is 0.155. The topological polar surface area (TPSA) is 29.1 Å². The summed E-state index contributed by atoms with van der Waals surface area (Å²) in [7, 11) is 0. The van der Waals surface area contributed by atoms with Gasteiger partial charge >= 0.3 is 0 Å². The Morgan fingerprint density at radius 2 is 1.94 bits per heavy atom. The van der Waals surface area contributed by atoms with Crippen LogP contribution in [0, 0.1) is 17.8 Å². The van der Waals surface area contributed by atoms with Crippen LogP contribution in [0.15, 0.2) is 30.3 Å². The van der Waals surface area contributed by atoms with Crippen molar-refractivity contribution in [3.8, 4) is 0 Å². The Kier molecular flexibility index (Phi) is 3.39. The molecule has 1 N–H and O–H groups in total. The molecule has 1 heterocycles. The van der Waals surface area contributed by atoms with Gasteiger partial charge in [-0.1, -0.05) is 44.2 Å². The molecule has 1 aromatic carbocycles. The molecule has 0 aromatic heterocycles. The fourth-order valence-electron chi connectivity index (χ4n) is 2.50. The first-order valence-corrected chi connectivity index (χ1v) is 6.00. The minimum atomic E-state index is 0.155. The molecule has 2 nitrogen and oxygen atoms in total. The summed E-state index contributed by atoms with van der Waals surface area (Å²) in [5.41, 5.74) is 0.849. The van der Waals surface area contributed by atoms with Gasteiger partial charge in [-0.2, -0.15) is 0 Å². The SMILES string of the molecule is CC(C)C1CNCC1C(=O)c1ccccc1. The van der Waals surface area contributed by atoms with Crippen LogP contribution in [0.25, 0.3) is 0 Å². The Labute approximate surface area is 97.1 Å². The fraction of sp³-hybridized carbons (Fsp3) is 0.500. The number of nitrogens with one attached hydrogen (secondary N) is 1. The number of hydrogen-bond donors (Lipinski definition) is 1. The Morgan fingerprint density at radius 1 is 1.25 bits per heavy atom. The molecular weight excluding hydrogens is 198 g/mol. The predicted octanol–water partition coefficient (Wildman–Crippen LogP) is 2.36. The van der Waals surface area contributed by atoms with Crippen molar-refractivity contribution in [2.45, 2.75) is 13.8 Å². The van der Waals surface area contributed by atoms with Crippen molar-refractivity contribution in [3.63, 3.8) is 0 Å². The Morgan fingerprint density at radius 3 is 2.56 bits per heavy atom. The lowest BCUT2D eigenvalue weighted by atomic mass is 9.82. The van der Waals surface area contributed by atoms with Crippen LogP contribution in [0.2, 0.25) is 0 Å². The molecule has 2 heteroatoms. The molecule has 1 aliphatic heterocycles. The summed E-state index contributed by atoms with van der Waals surface area (Å²) < 4.78 is 0. The second kappa shape index (κ2) is 4.79. The summed E-state index contributed by atoms with van der Waals surface area (Å²) in [5, 5.41) is 3.33. The number of benzene rings is 1. The van der Waals surface area contributed by atoms with Crippen LogP contribution in [0.4, 0.5) is 0 Å². The van der Waals surface area contributed by atoms with Gasteiger partial charge in [0.05, 0.1) is 0 Å². The highest BCUT2D eigenvalue weighted by molar-refractivity contribution is 5.98. The van der Waals surface area contributed by atoms with Crippen LogP contribution < -0.4 is 5.32 Å². The van der Waals surface area contributed by atoms with Crippen molar-refractivity contribution in [3.05, 3.63) is 35.9 Å². The maximum absolute atomic E-state index is 12.3. The second-order valence-electron chi connectivity index (χ2n) is 4.90. The van der Waals surface area contributed by atoms with Crippen molar-refractivity contribution in [1.82, 2.24) is 5.32 Å². The van der Waals surface area contributed by atoms with Crippen molar-refractivity contribution >= 4 is 5.78 Å². The molecule has 1 saturated heterocycles. The first-order valence-electron chi connectivity index (χ1n) is 6.00. The van der Waals surface area contributed by atoms with Crippen LogP contribution in [0.5, 0.6) is 0 Å². The number of hydrogen-bond acceptors (Lipinski definition) is 2. The Hall–Kier alpha value is -1.15. The second-order valence-corrected chi connectivity index (χ2v) is 4.90. The standard InChI is InChI=1S/C14H19NO/c1-10(2)12-8-15-9-13(12)14(16)11-6-4-3-5-7-11/h3-7,10,12-13,15H,8-9H2,1-2H3. The molecule has 0 aliphatic carbocycles. The molecule has 1 aromatic rings. The summed E-state index contributed by atoms with van der Waals surface area (Å²) in [5.74, 6) is 1.49. The van der Waals surface area contributed by atoms with E-state index >= 15 is 0 Å². The highest BCUT2D eigenvalue weighted by Gasteiger charge is 2.34. The smallest absolute Gasteiger partial charge is 0.167 e. The molecule has 2 rings (SSSR count). The molecule has 0 bridgehead atoms. The lowest BCUT2D eigenvalue weighted by molar-refractivity contribution is 0.0884. The molecule has 2 atom stereocenters. The van der Waals surface area contributed by atoms with E-state index in [1.165, 1.54) is 0 Å². The van der Waals surface area contributed by atoms with Gasteiger partial charge in [0.25, 0.3) is 0 Å². The maximum atomic E-state index is 12.3. The molecule has 16 heavy (non-hydrogen) atoms. The molecule has 0 amide bonds. The van der Waals surface area contributed by atoms with Crippen LogP contribution >= 0.6 is 0 Å². The van der Waals surface area contributed by atoms with Crippen molar-refractivity contribution in [1.29, 1.82) is 0 Å². The number of carbonyl (C=O) groups is 1. The summed E-state index contributed by atoms with van der Waals surface area (Å²) in [6, 6.07) is 9.64. The van der Waals surface area contributed by atoms with Gasteiger partial charge in [0.1, 0.15) is 0 Å². The van der Waals surface area contributed by atoms with E-state index in [0.717, 1.165) is 18.7 Å². The van der Waals surface area contributed by atoms with E-state index < -0.39 is 0 Å². The molecule has 2 unspecified atom stereocenters. The average Bonchev–Trinajstić information content (AvgIpc) is 2.78. The lowest BCUT2D eigenvalue weighted by Crippen LogP contribution is -2.26. The van der Waals surface area contributed by atoms with Gasteiger partial charge in [0.2, 0.25) is 0 Å². The molecule has 0 spiro atoms. The fourth-order valence-corrected chi connectivity index (χ4v) is 2.50. The highest BCUT2D eigenvalue weighted by Crippen LogP contribution is 2.27. The van der Waals surface area contributed by atoms with Crippen LogP contribution in [0.3, 0.4) is 0 Å². The molecule has 0 saturated carbocycles. The van der Waals surface area contributed by atoms with Crippen LogP contribution in [-0.2, 0) is 0 Å². The van der Waals surface area contributed by atoms with Gasteiger partial charge in [-0.25, -0.2) is 0 Å². The van der Waals surface area contributed by atoms with E-state index in [4.69, 9.17) is 0 Å². The van der Waals surface area contributed by atoms with Gasteiger partial charge in [-0.3, -0.25) is 4.79 Å². The molecule has 1 aliphatic rings. The third-order valence-corrected chi connectivity index (χ3v) is 3.51. The zero-order chi connectivity index (χ0) is 11.5. The third kappa shape index (κ3) is 2.17. The van der Waals surface area contributed by atoms with E-state index in [1.807, 2.05) is 30.3 Å². The number of Topliss-reactive ketones (excluding diaryl/α,β-unsaturated/α-hetero) is 1. The molecule has 1 fully saturated rings. The van der Waals surface area contributed by atoms with Crippen LogP contribution in [0.1, 0.15) is 24.2 Å². The Balaban J connectivity index is 2.16. The van der Waals surface area contributed by atoms with Crippen molar-refractivity contribution < 1.29 is 4.79 Å². The quantitative estimate of drug-likeness (QED) is 0.787. The van der Waals surface area contributed by atoms with Crippen LogP contribution in [-0.4, -0.2) is 18.9 Å². The monoisotopic (exact) mass is 217 g/mol. The van der Waals surface area contributed by atoms with Gasteiger partial charge in [-0.15, -0.1) is 0 Å². The van der Waals surface area contributed by atoms with Gasteiger partial charge in [0, 0.05) is 18.0 Å². The molecule has 0 radical (unpaired) electrons. The number of rotatable bonds is 3. The molecular formula is C14H19NO. The minimum Gasteiger partial charge on any atom is -0.316 e. The van der Waals surface area contributed by atoms with E-state index in [-0.39, 0.29) is 5.92 Å². The maximum Gasteiger partial charge on any atom is 0.167 e. The first kappa shape index (κ1) is 11.3. The zero-order valence-electron chi connectivity index (χ0n) is 9.94. The largest absolute Gasteiger partial charge is 0.316 e. The normalized spacial score (nSPS) is 24.9.